The van der Waals surface area contributed by atoms with Gasteiger partial charge in [0.2, 0.25) is 0 Å². The highest BCUT2D eigenvalue weighted by atomic mass is 35.5. The van der Waals surface area contributed by atoms with E-state index in [0.29, 0.717) is 53.9 Å². The first-order valence-electron chi connectivity index (χ1n) is 11.1. The smallest absolute Gasteiger partial charge is 0.352 e. The van der Waals surface area contributed by atoms with Crippen molar-refractivity contribution >= 4 is 34.2 Å². The number of fused-ring (bicyclic) bond motifs is 1. The number of anilines is 1. The molecule has 0 saturated carbocycles. The number of aromatic nitrogens is 2. The SMILES string of the molecule is O=C(c1ccc(C(F)(F)F)cc1)N1CCN(c2nc(-c3ccc(F)cc3)nc3cc(Cl)ccc23)CC1. The van der Waals surface area contributed by atoms with Gasteiger partial charge >= 0.3 is 6.18 Å². The normalized spacial score (nSPS) is 14.4. The Kier molecular flexibility index (Phi) is 6.26. The number of benzene rings is 3. The second-order valence-electron chi connectivity index (χ2n) is 8.39. The summed E-state index contributed by atoms with van der Waals surface area (Å²) in [5.74, 6) is 0.395. The minimum atomic E-state index is -4.45. The van der Waals surface area contributed by atoms with E-state index in [2.05, 4.69) is 4.98 Å². The molecule has 10 heteroatoms. The van der Waals surface area contributed by atoms with Crippen LogP contribution in [0.15, 0.2) is 66.7 Å². The van der Waals surface area contributed by atoms with Crippen LogP contribution in [-0.4, -0.2) is 47.0 Å². The molecule has 0 unspecified atom stereocenters. The topological polar surface area (TPSA) is 49.3 Å². The Labute approximate surface area is 208 Å². The molecule has 2 heterocycles. The molecular formula is C26H19ClF4N4O. The number of halogens is 5. The maximum Gasteiger partial charge on any atom is 0.416 e. The summed E-state index contributed by atoms with van der Waals surface area (Å²) in [5.41, 5.74) is 0.694. The summed E-state index contributed by atoms with van der Waals surface area (Å²) in [5, 5.41) is 1.30. The highest BCUT2D eigenvalue weighted by Gasteiger charge is 2.31. The Morgan fingerprint density at radius 3 is 2.17 bits per heavy atom. The van der Waals surface area contributed by atoms with Gasteiger partial charge in [-0.1, -0.05) is 11.6 Å². The Morgan fingerprint density at radius 2 is 1.53 bits per heavy atom. The number of hydrogen-bond donors (Lipinski definition) is 0. The van der Waals surface area contributed by atoms with Crippen LogP contribution in [0.2, 0.25) is 5.02 Å². The number of alkyl halides is 3. The molecule has 36 heavy (non-hydrogen) atoms. The lowest BCUT2D eigenvalue weighted by Crippen LogP contribution is -2.49. The lowest BCUT2D eigenvalue weighted by atomic mass is 10.1. The van der Waals surface area contributed by atoms with Crippen molar-refractivity contribution in [1.29, 1.82) is 0 Å². The van der Waals surface area contributed by atoms with Gasteiger partial charge < -0.3 is 9.80 Å². The molecule has 1 aliphatic rings. The number of piperazine rings is 1. The summed E-state index contributed by atoms with van der Waals surface area (Å²) in [6.45, 7) is 1.66. The zero-order valence-electron chi connectivity index (χ0n) is 18.8. The fourth-order valence-corrected chi connectivity index (χ4v) is 4.33. The van der Waals surface area contributed by atoms with Crippen LogP contribution >= 0.6 is 11.6 Å². The van der Waals surface area contributed by atoms with E-state index in [1.165, 1.54) is 24.3 Å². The summed E-state index contributed by atoms with van der Waals surface area (Å²) in [7, 11) is 0. The Balaban J connectivity index is 1.39. The van der Waals surface area contributed by atoms with E-state index < -0.39 is 11.7 Å². The van der Waals surface area contributed by atoms with Gasteiger partial charge in [-0.05, 0) is 66.7 Å². The summed E-state index contributed by atoms with van der Waals surface area (Å²) >= 11 is 6.19. The molecule has 184 valence electrons. The Hall–Kier alpha value is -3.72. The van der Waals surface area contributed by atoms with Gasteiger partial charge in [-0.15, -0.1) is 0 Å². The van der Waals surface area contributed by atoms with Gasteiger partial charge in [0.1, 0.15) is 11.6 Å². The second-order valence-corrected chi connectivity index (χ2v) is 8.83. The van der Waals surface area contributed by atoms with Gasteiger partial charge in [-0.3, -0.25) is 4.79 Å². The molecule has 0 N–H and O–H groups in total. The van der Waals surface area contributed by atoms with E-state index in [-0.39, 0.29) is 17.3 Å². The van der Waals surface area contributed by atoms with E-state index in [1.807, 2.05) is 11.0 Å². The molecule has 4 aromatic rings. The summed E-state index contributed by atoms with van der Waals surface area (Å²) in [4.78, 5) is 25.9. The third kappa shape index (κ3) is 4.83. The molecular weight excluding hydrogens is 496 g/mol. The summed E-state index contributed by atoms with van der Waals surface area (Å²) < 4.78 is 51.9. The first kappa shape index (κ1) is 24.0. The van der Waals surface area contributed by atoms with E-state index in [9.17, 15) is 22.4 Å². The molecule has 1 amide bonds. The first-order valence-corrected chi connectivity index (χ1v) is 11.5. The van der Waals surface area contributed by atoms with Crippen LogP contribution in [0.4, 0.5) is 23.4 Å². The van der Waals surface area contributed by atoms with Crippen LogP contribution in [0.1, 0.15) is 15.9 Å². The molecule has 0 spiro atoms. The quantitative estimate of drug-likeness (QED) is 0.311. The molecule has 1 aliphatic heterocycles. The standard InChI is InChI=1S/C26H19ClF4N4O/c27-19-7-10-21-22(15-19)32-23(16-3-8-20(28)9-4-16)33-24(21)34-11-13-35(14-12-34)25(36)17-1-5-18(6-2-17)26(29,30)31/h1-10,15H,11-14H2. The molecule has 0 aliphatic carbocycles. The van der Waals surface area contributed by atoms with Crippen LogP contribution in [0.5, 0.6) is 0 Å². The van der Waals surface area contributed by atoms with Crippen molar-refractivity contribution < 1.29 is 22.4 Å². The zero-order chi connectivity index (χ0) is 25.4. The van der Waals surface area contributed by atoms with Crippen LogP contribution < -0.4 is 4.90 Å². The highest BCUT2D eigenvalue weighted by Crippen LogP contribution is 2.31. The van der Waals surface area contributed by atoms with Crippen molar-refractivity contribution in [1.82, 2.24) is 14.9 Å². The fourth-order valence-electron chi connectivity index (χ4n) is 4.16. The van der Waals surface area contributed by atoms with Gasteiger partial charge in [-0.25, -0.2) is 14.4 Å². The average Bonchev–Trinajstić information content (AvgIpc) is 2.87. The first-order chi connectivity index (χ1) is 17.2. The van der Waals surface area contributed by atoms with Crippen molar-refractivity contribution in [2.75, 3.05) is 31.1 Å². The number of hydrogen-bond acceptors (Lipinski definition) is 4. The van der Waals surface area contributed by atoms with Gasteiger partial charge in [0.15, 0.2) is 5.82 Å². The Morgan fingerprint density at radius 1 is 0.861 bits per heavy atom. The zero-order valence-corrected chi connectivity index (χ0v) is 19.5. The summed E-state index contributed by atoms with van der Waals surface area (Å²) in [6, 6.07) is 15.4. The molecule has 0 atom stereocenters. The predicted molar refractivity (Wildman–Crippen MR) is 130 cm³/mol. The maximum atomic E-state index is 13.4. The number of carbonyl (C=O) groups excluding carboxylic acids is 1. The number of carbonyl (C=O) groups is 1. The predicted octanol–water partition coefficient (Wildman–Crippen LogP) is 6.07. The van der Waals surface area contributed by atoms with Crippen LogP contribution in [0.25, 0.3) is 22.3 Å². The highest BCUT2D eigenvalue weighted by molar-refractivity contribution is 6.31. The monoisotopic (exact) mass is 514 g/mol. The average molecular weight is 515 g/mol. The van der Waals surface area contributed by atoms with Crippen LogP contribution in [0, 0.1) is 5.82 Å². The lowest BCUT2D eigenvalue weighted by Gasteiger charge is -2.36. The van der Waals surface area contributed by atoms with Crippen LogP contribution in [-0.2, 0) is 6.18 Å². The third-order valence-electron chi connectivity index (χ3n) is 6.07. The molecule has 1 aromatic heterocycles. The lowest BCUT2D eigenvalue weighted by molar-refractivity contribution is -0.137. The van der Waals surface area contributed by atoms with Crippen molar-refractivity contribution in [3.63, 3.8) is 0 Å². The minimum Gasteiger partial charge on any atom is -0.352 e. The van der Waals surface area contributed by atoms with E-state index in [4.69, 9.17) is 16.6 Å². The van der Waals surface area contributed by atoms with Crippen molar-refractivity contribution in [3.05, 3.63) is 88.7 Å². The number of rotatable bonds is 3. The van der Waals surface area contributed by atoms with Crippen molar-refractivity contribution in [2.24, 2.45) is 0 Å². The molecule has 1 saturated heterocycles. The fraction of sp³-hybridized carbons (Fsp3) is 0.192. The molecule has 5 rings (SSSR count). The molecule has 5 nitrogen and oxygen atoms in total. The minimum absolute atomic E-state index is 0.206. The van der Waals surface area contributed by atoms with Crippen molar-refractivity contribution in [3.8, 4) is 11.4 Å². The molecule has 3 aromatic carbocycles. The molecule has 0 bridgehead atoms. The largest absolute Gasteiger partial charge is 0.416 e. The number of nitrogens with zero attached hydrogens (tertiary/aromatic N) is 4. The van der Waals surface area contributed by atoms with E-state index in [1.54, 1.807) is 29.2 Å². The van der Waals surface area contributed by atoms with Gasteiger partial charge in [0.25, 0.3) is 5.91 Å². The summed E-state index contributed by atoms with van der Waals surface area (Å²) in [6.07, 6.45) is -4.45. The van der Waals surface area contributed by atoms with E-state index in [0.717, 1.165) is 17.5 Å². The van der Waals surface area contributed by atoms with Gasteiger partial charge in [0.05, 0.1) is 11.1 Å². The van der Waals surface area contributed by atoms with Crippen LogP contribution in [0.3, 0.4) is 0 Å². The Bertz CT molecular complexity index is 1420. The van der Waals surface area contributed by atoms with Gasteiger partial charge in [0, 0.05) is 47.7 Å². The molecule has 1 fully saturated rings. The van der Waals surface area contributed by atoms with Crippen molar-refractivity contribution in [2.45, 2.75) is 6.18 Å². The third-order valence-corrected chi connectivity index (χ3v) is 6.30. The molecule has 0 radical (unpaired) electrons. The van der Waals surface area contributed by atoms with E-state index >= 15 is 0 Å². The number of amides is 1. The second kappa shape index (κ2) is 9.39. The maximum absolute atomic E-state index is 13.4. The van der Waals surface area contributed by atoms with Gasteiger partial charge in [-0.2, -0.15) is 13.2 Å².